The molecule has 2 amide bonds. The third-order valence-corrected chi connectivity index (χ3v) is 11.5. The van der Waals surface area contributed by atoms with E-state index in [1.54, 1.807) is 0 Å². The molecule has 0 radical (unpaired) electrons. The summed E-state index contributed by atoms with van der Waals surface area (Å²) in [6, 6.07) is 14.3. The van der Waals surface area contributed by atoms with E-state index in [-0.39, 0.29) is 35.0 Å². The molecule has 5 atom stereocenters. The monoisotopic (exact) mass is 473 g/mol. The highest BCUT2D eigenvalue weighted by molar-refractivity contribution is 7.68. The molecule has 0 N–H and O–H groups in total. The van der Waals surface area contributed by atoms with E-state index in [2.05, 4.69) is 66.7 Å². The number of carbonyl (C=O) groups excluding carboxylic acids is 2. The molecule has 3 aliphatic rings. The lowest BCUT2D eigenvalue weighted by atomic mass is 9.82. The predicted octanol–water partition coefficient (Wildman–Crippen LogP) is 6.68. The minimum Gasteiger partial charge on any atom is -0.274 e. The van der Waals surface area contributed by atoms with Gasteiger partial charge in [-0.1, -0.05) is 91.4 Å². The molecule has 3 aliphatic heterocycles. The van der Waals surface area contributed by atoms with E-state index >= 15 is 0 Å². The van der Waals surface area contributed by atoms with Crippen molar-refractivity contribution in [1.82, 2.24) is 0 Å². The molecule has 3 nitrogen and oxygen atoms in total. The lowest BCUT2D eigenvalue weighted by Crippen LogP contribution is -2.35. The molecule has 3 heterocycles. The van der Waals surface area contributed by atoms with E-state index in [1.807, 2.05) is 30.3 Å². The van der Waals surface area contributed by atoms with E-state index in [0.717, 1.165) is 0 Å². The number of carbonyl (C=O) groups is 2. The number of hydrogen-bond donors (Lipinski definition) is 0. The van der Waals surface area contributed by atoms with E-state index in [9.17, 15) is 9.59 Å². The van der Waals surface area contributed by atoms with Gasteiger partial charge in [-0.05, 0) is 58.8 Å². The number of imide groups is 1. The average Bonchev–Trinajstić information content (AvgIpc) is 3.38. The molecule has 0 spiro atoms. The van der Waals surface area contributed by atoms with Crippen LogP contribution in [0, 0.1) is 11.8 Å². The number of benzene rings is 2. The fourth-order valence-corrected chi connectivity index (χ4v) is 10.8. The lowest BCUT2D eigenvalue weighted by molar-refractivity contribution is -0.122. The molecule has 0 aliphatic carbocycles. The Morgan fingerprint density at radius 3 is 1.88 bits per heavy atom. The predicted molar refractivity (Wildman–Crippen MR) is 143 cm³/mol. The van der Waals surface area contributed by atoms with E-state index in [4.69, 9.17) is 0 Å². The normalized spacial score (nSPS) is 28.0. The second-order valence-electron chi connectivity index (χ2n) is 11.2. The summed E-state index contributed by atoms with van der Waals surface area (Å²) in [5.41, 5.74) is 6.58. The Morgan fingerprint density at radius 1 is 0.794 bits per heavy atom. The highest BCUT2D eigenvalue weighted by Crippen LogP contribution is 2.70. The van der Waals surface area contributed by atoms with Crippen LogP contribution in [0.1, 0.15) is 82.9 Å². The fourth-order valence-electron chi connectivity index (χ4n) is 6.33. The molecule has 5 unspecified atom stereocenters. The molecule has 0 saturated carbocycles. The molecule has 5 rings (SSSR count). The summed E-state index contributed by atoms with van der Waals surface area (Å²) < 4.78 is 0. The zero-order valence-corrected chi connectivity index (χ0v) is 22.3. The van der Waals surface area contributed by atoms with E-state index in [1.165, 1.54) is 32.5 Å². The van der Waals surface area contributed by atoms with Crippen molar-refractivity contribution in [1.29, 1.82) is 0 Å². The zero-order chi connectivity index (χ0) is 24.5. The molecule has 2 fully saturated rings. The third kappa shape index (κ3) is 3.34. The standard InChI is InChI=1S/C30H36NO2P/c1-16(2)20-14-22(17(3)4)28(23(15-20)18(5)6)34-24-13-19(7)27(34)26-25(24)29(32)31(30(26)33)21-11-9-8-10-12-21/h8-18,24-27H,1-7H3. The van der Waals surface area contributed by atoms with Crippen LogP contribution in [0.4, 0.5) is 5.69 Å². The van der Waals surface area contributed by atoms with Gasteiger partial charge in [0.25, 0.3) is 0 Å². The lowest BCUT2D eigenvalue weighted by Gasteiger charge is -2.31. The summed E-state index contributed by atoms with van der Waals surface area (Å²) in [7, 11) is -0.664. The third-order valence-electron chi connectivity index (χ3n) is 8.00. The van der Waals surface area contributed by atoms with Crippen molar-refractivity contribution in [3.05, 3.63) is 70.8 Å². The number of rotatable bonds is 5. The van der Waals surface area contributed by atoms with Gasteiger partial charge >= 0.3 is 0 Å². The van der Waals surface area contributed by atoms with E-state index in [0.29, 0.717) is 23.4 Å². The number of para-hydroxylation sites is 1. The van der Waals surface area contributed by atoms with Gasteiger partial charge in [0, 0.05) is 11.3 Å². The summed E-state index contributed by atoms with van der Waals surface area (Å²) in [5.74, 6) is 0.836. The average molecular weight is 474 g/mol. The van der Waals surface area contributed by atoms with Gasteiger partial charge in [-0.3, -0.25) is 9.59 Å². The van der Waals surface area contributed by atoms with E-state index < -0.39 is 7.92 Å². The highest BCUT2D eigenvalue weighted by atomic mass is 31.1. The number of anilines is 1. The van der Waals surface area contributed by atoms with Crippen molar-refractivity contribution in [2.45, 2.75) is 77.5 Å². The molecule has 2 bridgehead atoms. The van der Waals surface area contributed by atoms with Crippen LogP contribution in [-0.2, 0) is 9.59 Å². The first-order valence-electron chi connectivity index (χ1n) is 12.7. The first-order valence-corrected chi connectivity index (χ1v) is 14.2. The molecule has 2 aromatic rings. The first-order chi connectivity index (χ1) is 16.1. The zero-order valence-electron chi connectivity index (χ0n) is 21.4. The van der Waals surface area contributed by atoms with Gasteiger partial charge in [0.2, 0.25) is 11.8 Å². The Morgan fingerprint density at radius 2 is 1.35 bits per heavy atom. The summed E-state index contributed by atoms with van der Waals surface area (Å²) in [6.45, 7) is 15.9. The molecule has 4 heteroatoms. The van der Waals surface area contributed by atoms with Crippen LogP contribution in [0.25, 0.3) is 0 Å². The Labute approximate surface area is 205 Å². The second-order valence-corrected chi connectivity index (χ2v) is 13.6. The highest BCUT2D eigenvalue weighted by Gasteiger charge is 2.65. The Bertz CT molecular complexity index is 1150. The number of nitrogens with zero attached hydrogens (tertiary/aromatic N) is 1. The van der Waals surface area contributed by atoms with Crippen molar-refractivity contribution in [2.24, 2.45) is 11.8 Å². The SMILES string of the molecule is CC1=CC2C3C(=O)N(c4ccccc4)C(=O)C3C1P2c1c(C(C)C)cc(C(C)C)cc1C(C)C. The van der Waals surface area contributed by atoms with Crippen LogP contribution in [0.15, 0.2) is 54.1 Å². The Hall–Kier alpha value is -2.25. The van der Waals surface area contributed by atoms with Gasteiger partial charge in [-0.2, -0.15) is 0 Å². The van der Waals surface area contributed by atoms with Gasteiger partial charge in [0.1, 0.15) is 0 Å². The number of hydrogen-bond acceptors (Lipinski definition) is 2. The summed E-state index contributed by atoms with van der Waals surface area (Å²) in [5, 5.41) is 1.48. The summed E-state index contributed by atoms with van der Waals surface area (Å²) in [4.78, 5) is 29.0. The number of allylic oxidation sites excluding steroid dienone is 2. The molecular weight excluding hydrogens is 437 g/mol. The number of fused-ring (bicyclic) bond motifs is 5. The van der Waals surface area contributed by atoms with Crippen molar-refractivity contribution in [3.63, 3.8) is 0 Å². The van der Waals surface area contributed by atoms with Crippen LogP contribution < -0.4 is 10.2 Å². The Balaban J connectivity index is 1.64. The molecule has 2 saturated heterocycles. The smallest absolute Gasteiger partial charge is 0.238 e. The second kappa shape index (κ2) is 8.45. The van der Waals surface area contributed by atoms with Crippen LogP contribution in [-0.4, -0.2) is 23.1 Å². The van der Waals surface area contributed by atoms with Gasteiger partial charge in [-0.15, -0.1) is 0 Å². The van der Waals surface area contributed by atoms with Gasteiger partial charge in [-0.25, -0.2) is 4.90 Å². The van der Waals surface area contributed by atoms with Crippen molar-refractivity contribution >= 4 is 30.7 Å². The van der Waals surface area contributed by atoms with Crippen LogP contribution in [0.5, 0.6) is 0 Å². The van der Waals surface area contributed by atoms with Crippen LogP contribution in [0.2, 0.25) is 0 Å². The maximum Gasteiger partial charge on any atom is 0.238 e. The van der Waals surface area contributed by atoms with Gasteiger partial charge in [0.05, 0.1) is 17.5 Å². The molecular formula is C30H36NO2P. The molecule has 34 heavy (non-hydrogen) atoms. The van der Waals surface area contributed by atoms with Crippen molar-refractivity contribution in [2.75, 3.05) is 4.90 Å². The van der Waals surface area contributed by atoms with Gasteiger partial charge in [0.15, 0.2) is 0 Å². The maximum atomic E-state index is 13.8. The first kappa shape index (κ1) is 23.5. The minimum absolute atomic E-state index is 0.000874. The van der Waals surface area contributed by atoms with Crippen LogP contribution >= 0.6 is 7.92 Å². The molecule has 178 valence electrons. The summed E-state index contributed by atoms with van der Waals surface area (Å²) >= 11 is 0. The summed E-state index contributed by atoms with van der Waals surface area (Å²) in [6.07, 6.45) is 2.35. The van der Waals surface area contributed by atoms with Crippen molar-refractivity contribution < 1.29 is 9.59 Å². The van der Waals surface area contributed by atoms with Crippen molar-refractivity contribution in [3.8, 4) is 0 Å². The largest absolute Gasteiger partial charge is 0.274 e. The fraction of sp³-hybridized carbons (Fsp3) is 0.467. The molecule has 0 aromatic heterocycles. The topological polar surface area (TPSA) is 37.4 Å². The number of amides is 2. The molecule has 2 aromatic carbocycles. The minimum atomic E-state index is -0.664. The van der Waals surface area contributed by atoms with Gasteiger partial charge < -0.3 is 0 Å². The van der Waals surface area contributed by atoms with Crippen LogP contribution in [0.3, 0.4) is 0 Å². The quantitative estimate of drug-likeness (QED) is 0.276. The maximum absolute atomic E-state index is 13.8. The Kier molecular flexibility index (Phi) is 5.84.